The van der Waals surface area contributed by atoms with E-state index in [0.717, 1.165) is 24.5 Å². The number of methoxy groups -OCH3 is 1. The Morgan fingerprint density at radius 1 is 1.21 bits per heavy atom. The van der Waals surface area contributed by atoms with Crippen LogP contribution in [-0.4, -0.2) is 26.3 Å². The first-order valence-electron chi connectivity index (χ1n) is 7.36. The molecule has 3 rings (SSSR count). The van der Waals surface area contributed by atoms with E-state index in [1.54, 1.807) is 7.11 Å². The van der Waals surface area contributed by atoms with Gasteiger partial charge < -0.3 is 14.8 Å². The van der Waals surface area contributed by atoms with E-state index in [2.05, 4.69) is 17.4 Å². The standard InChI is InChI=1S/C16H23NO2/c1-18-15-9-5-3-7-13(15)16-10-17-14-8-4-2-6-12(14)11-19-16/h3,5,7,9,12,14,16-17H,2,4,6,8,10-11H2,1H3. The van der Waals surface area contributed by atoms with Gasteiger partial charge >= 0.3 is 0 Å². The van der Waals surface area contributed by atoms with Gasteiger partial charge in [-0.05, 0) is 24.8 Å². The lowest BCUT2D eigenvalue weighted by molar-refractivity contribution is 0.0388. The molecule has 0 aromatic heterocycles. The van der Waals surface area contributed by atoms with Crippen molar-refractivity contribution in [3.63, 3.8) is 0 Å². The summed E-state index contributed by atoms with van der Waals surface area (Å²) < 4.78 is 11.6. The quantitative estimate of drug-likeness (QED) is 0.888. The van der Waals surface area contributed by atoms with Gasteiger partial charge in [-0.1, -0.05) is 31.0 Å². The van der Waals surface area contributed by atoms with Crippen LogP contribution in [0.5, 0.6) is 5.75 Å². The van der Waals surface area contributed by atoms with Crippen LogP contribution >= 0.6 is 0 Å². The molecular formula is C16H23NO2. The number of benzene rings is 1. The molecule has 1 saturated carbocycles. The van der Waals surface area contributed by atoms with Gasteiger partial charge in [0.1, 0.15) is 5.75 Å². The lowest BCUT2D eigenvalue weighted by Gasteiger charge is -2.29. The molecule has 104 valence electrons. The third kappa shape index (κ3) is 2.77. The molecule has 0 radical (unpaired) electrons. The molecule has 2 fully saturated rings. The summed E-state index contributed by atoms with van der Waals surface area (Å²) >= 11 is 0. The second-order valence-electron chi connectivity index (χ2n) is 5.62. The minimum absolute atomic E-state index is 0.113. The number of rotatable bonds is 2. The molecule has 3 atom stereocenters. The predicted molar refractivity (Wildman–Crippen MR) is 75.4 cm³/mol. The minimum Gasteiger partial charge on any atom is -0.496 e. The Kier molecular flexibility index (Phi) is 4.04. The minimum atomic E-state index is 0.113. The molecule has 0 amide bonds. The van der Waals surface area contributed by atoms with Gasteiger partial charge in [0.25, 0.3) is 0 Å². The van der Waals surface area contributed by atoms with Crippen molar-refractivity contribution < 1.29 is 9.47 Å². The molecule has 1 aliphatic heterocycles. The van der Waals surface area contributed by atoms with Crippen molar-refractivity contribution in [1.82, 2.24) is 5.32 Å². The maximum atomic E-state index is 6.16. The van der Waals surface area contributed by atoms with Crippen molar-refractivity contribution in [2.45, 2.75) is 37.8 Å². The molecule has 1 aromatic rings. The molecule has 2 aliphatic rings. The summed E-state index contributed by atoms with van der Waals surface area (Å²) in [5.74, 6) is 1.62. The molecule has 0 bridgehead atoms. The number of hydrogen-bond donors (Lipinski definition) is 1. The summed E-state index contributed by atoms with van der Waals surface area (Å²) in [7, 11) is 1.72. The molecule has 3 nitrogen and oxygen atoms in total. The summed E-state index contributed by atoms with van der Waals surface area (Å²) in [4.78, 5) is 0. The number of nitrogens with one attached hydrogen (secondary N) is 1. The highest BCUT2D eigenvalue weighted by atomic mass is 16.5. The van der Waals surface area contributed by atoms with Crippen molar-refractivity contribution in [2.75, 3.05) is 20.3 Å². The normalized spacial score (nSPS) is 31.3. The van der Waals surface area contributed by atoms with Crippen LogP contribution in [0.15, 0.2) is 24.3 Å². The molecule has 0 spiro atoms. The van der Waals surface area contributed by atoms with Crippen LogP contribution in [0.2, 0.25) is 0 Å². The molecule has 1 aliphatic carbocycles. The van der Waals surface area contributed by atoms with Crippen LogP contribution in [-0.2, 0) is 4.74 Å². The zero-order valence-electron chi connectivity index (χ0n) is 11.6. The lowest BCUT2D eigenvalue weighted by Crippen LogP contribution is -2.38. The molecule has 1 N–H and O–H groups in total. The van der Waals surface area contributed by atoms with E-state index in [1.165, 1.54) is 25.7 Å². The van der Waals surface area contributed by atoms with E-state index in [4.69, 9.17) is 9.47 Å². The zero-order chi connectivity index (χ0) is 13.1. The number of para-hydroxylation sites is 1. The Balaban J connectivity index is 1.75. The van der Waals surface area contributed by atoms with Crippen LogP contribution in [0.4, 0.5) is 0 Å². The SMILES string of the molecule is COc1ccccc1C1CNC2CCCCC2CO1. The Labute approximate surface area is 115 Å². The third-order valence-electron chi connectivity index (χ3n) is 4.47. The van der Waals surface area contributed by atoms with Crippen LogP contribution in [0.1, 0.15) is 37.4 Å². The van der Waals surface area contributed by atoms with Gasteiger partial charge in [0.15, 0.2) is 0 Å². The van der Waals surface area contributed by atoms with Crippen molar-refractivity contribution >= 4 is 0 Å². The van der Waals surface area contributed by atoms with Crippen molar-refractivity contribution in [1.29, 1.82) is 0 Å². The van der Waals surface area contributed by atoms with Crippen molar-refractivity contribution in [2.24, 2.45) is 5.92 Å². The maximum Gasteiger partial charge on any atom is 0.124 e. The van der Waals surface area contributed by atoms with Gasteiger partial charge in [0, 0.05) is 18.2 Å². The maximum absolute atomic E-state index is 6.16. The highest BCUT2D eigenvalue weighted by molar-refractivity contribution is 5.35. The second kappa shape index (κ2) is 5.93. The number of hydrogen-bond acceptors (Lipinski definition) is 3. The van der Waals surface area contributed by atoms with E-state index in [-0.39, 0.29) is 6.10 Å². The summed E-state index contributed by atoms with van der Waals surface area (Å²) in [5.41, 5.74) is 1.16. The van der Waals surface area contributed by atoms with Crippen LogP contribution in [0.3, 0.4) is 0 Å². The van der Waals surface area contributed by atoms with Gasteiger partial charge in [-0.3, -0.25) is 0 Å². The van der Waals surface area contributed by atoms with E-state index in [1.807, 2.05) is 12.1 Å². The third-order valence-corrected chi connectivity index (χ3v) is 4.47. The van der Waals surface area contributed by atoms with Gasteiger partial charge in [0.2, 0.25) is 0 Å². The fourth-order valence-corrected chi connectivity index (χ4v) is 3.37. The van der Waals surface area contributed by atoms with Gasteiger partial charge in [0.05, 0.1) is 19.8 Å². The summed E-state index contributed by atoms with van der Waals surface area (Å²) in [6.45, 7) is 1.77. The van der Waals surface area contributed by atoms with E-state index in [0.29, 0.717) is 12.0 Å². The second-order valence-corrected chi connectivity index (χ2v) is 5.62. The van der Waals surface area contributed by atoms with Crippen LogP contribution in [0.25, 0.3) is 0 Å². The van der Waals surface area contributed by atoms with Crippen LogP contribution in [0, 0.1) is 5.92 Å². The average molecular weight is 261 g/mol. The monoisotopic (exact) mass is 261 g/mol. The predicted octanol–water partition coefficient (Wildman–Crippen LogP) is 2.91. The largest absolute Gasteiger partial charge is 0.496 e. The fraction of sp³-hybridized carbons (Fsp3) is 0.625. The van der Waals surface area contributed by atoms with Crippen molar-refractivity contribution in [3.05, 3.63) is 29.8 Å². The molecular weight excluding hydrogens is 238 g/mol. The first-order valence-corrected chi connectivity index (χ1v) is 7.36. The summed E-state index contributed by atoms with van der Waals surface area (Å²) in [6.07, 6.45) is 5.42. The average Bonchev–Trinajstić information content (AvgIpc) is 2.70. The van der Waals surface area contributed by atoms with E-state index >= 15 is 0 Å². The Morgan fingerprint density at radius 2 is 2.05 bits per heavy atom. The Morgan fingerprint density at radius 3 is 2.95 bits per heavy atom. The molecule has 3 unspecified atom stereocenters. The van der Waals surface area contributed by atoms with Gasteiger partial charge in [-0.2, -0.15) is 0 Å². The zero-order valence-corrected chi connectivity index (χ0v) is 11.6. The molecule has 1 heterocycles. The topological polar surface area (TPSA) is 30.5 Å². The first kappa shape index (κ1) is 12.9. The first-order chi connectivity index (χ1) is 9.38. The molecule has 3 heteroatoms. The van der Waals surface area contributed by atoms with E-state index < -0.39 is 0 Å². The number of fused-ring (bicyclic) bond motifs is 1. The van der Waals surface area contributed by atoms with E-state index in [9.17, 15) is 0 Å². The van der Waals surface area contributed by atoms with Crippen LogP contribution < -0.4 is 10.1 Å². The Bertz CT molecular complexity index is 405. The highest BCUT2D eigenvalue weighted by Crippen LogP contribution is 2.33. The van der Waals surface area contributed by atoms with Crippen molar-refractivity contribution in [3.8, 4) is 5.75 Å². The van der Waals surface area contributed by atoms with Gasteiger partial charge in [-0.25, -0.2) is 0 Å². The molecule has 1 saturated heterocycles. The summed E-state index contributed by atoms with van der Waals surface area (Å²) in [5, 5.41) is 3.70. The smallest absolute Gasteiger partial charge is 0.124 e. The fourth-order valence-electron chi connectivity index (χ4n) is 3.37. The highest BCUT2D eigenvalue weighted by Gasteiger charge is 2.30. The van der Waals surface area contributed by atoms with Gasteiger partial charge in [-0.15, -0.1) is 0 Å². The molecule has 1 aromatic carbocycles. The number of ether oxygens (including phenoxy) is 2. The molecule has 19 heavy (non-hydrogen) atoms. The lowest BCUT2D eigenvalue weighted by atomic mass is 9.85. The summed E-state index contributed by atoms with van der Waals surface area (Å²) in [6, 6.07) is 8.83. The Hall–Kier alpha value is -1.06.